The zero-order chi connectivity index (χ0) is 19.9. The van der Waals surface area contributed by atoms with E-state index in [1.807, 2.05) is 35.0 Å². The largest absolute Gasteiger partial charge is 0.419 e. The molecule has 28 heavy (non-hydrogen) atoms. The Hall–Kier alpha value is -3.41. The Kier molecular flexibility index (Phi) is 4.26. The number of halogens is 1. The van der Waals surface area contributed by atoms with E-state index in [0.29, 0.717) is 12.1 Å². The normalized spacial score (nSPS) is 16.0. The molecule has 3 aromatic rings. The van der Waals surface area contributed by atoms with Gasteiger partial charge in [-0.15, -0.1) is 0 Å². The molecule has 0 spiro atoms. The average molecular weight is 379 g/mol. The zero-order valence-electron chi connectivity index (χ0n) is 15.4. The summed E-state index contributed by atoms with van der Waals surface area (Å²) in [5.74, 6) is -2.95. The van der Waals surface area contributed by atoms with Crippen LogP contribution in [0.3, 0.4) is 0 Å². The number of rotatable bonds is 3. The van der Waals surface area contributed by atoms with E-state index in [-0.39, 0.29) is 11.4 Å². The molecule has 1 saturated heterocycles. The first-order valence-electron chi connectivity index (χ1n) is 8.82. The third-order valence-electron chi connectivity index (χ3n) is 4.49. The monoisotopic (exact) mass is 379 g/mol. The number of esters is 2. The Morgan fingerprint density at radius 1 is 1.00 bits per heavy atom. The minimum atomic E-state index is -1.26. The zero-order valence-corrected chi connectivity index (χ0v) is 15.4. The van der Waals surface area contributed by atoms with Gasteiger partial charge in [0.1, 0.15) is 11.4 Å². The first-order chi connectivity index (χ1) is 13.3. The van der Waals surface area contributed by atoms with Crippen LogP contribution in [0.1, 0.15) is 25.0 Å². The van der Waals surface area contributed by atoms with Gasteiger partial charge in [-0.25, -0.2) is 14.0 Å². The molecule has 0 N–H and O–H groups in total. The first kappa shape index (κ1) is 18.0. The summed E-state index contributed by atoms with van der Waals surface area (Å²) in [5.41, 5.74) is 2.42. The van der Waals surface area contributed by atoms with Crippen molar-refractivity contribution in [2.75, 3.05) is 0 Å². The van der Waals surface area contributed by atoms with Crippen LogP contribution in [0.5, 0.6) is 0 Å². The molecule has 0 unspecified atom stereocenters. The summed E-state index contributed by atoms with van der Waals surface area (Å²) < 4.78 is 25.4. The Bertz CT molecular complexity index is 1090. The van der Waals surface area contributed by atoms with Crippen molar-refractivity contribution in [2.45, 2.75) is 26.2 Å². The molecule has 2 aromatic carbocycles. The van der Waals surface area contributed by atoms with Crippen LogP contribution in [0.25, 0.3) is 17.0 Å². The van der Waals surface area contributed by atoms with Crippen molar-refractivity contribution in [3.8, 4) is 0 Å². The molecule has 0 saturated carbocycles. The fraction of sp³-hybridized carbons (Fsp3) is 0.182. The number of nitrogens with zero attached hydrogens (tertiary/aromatic N) is 1. The Morgan fingerprint density at radius 2 is 1.68 bits per heavy atom. The number of hydrogen-bond acceptors (Lipinski definition) is 4. The van der Waals surface area contributed by atoms with Gasteiger partial charge in [0.15, 0.2) is 0 Å². The number of hydrogen-bond donors (Lipinski definition) is 0. The lowest BCUT2D eigenvalue weighted by Gasteiger charge is -2.29. The van der Waals surface area contributed by atoms with Gasteiger partial charge < -0.3 is 14.0 Å². The van der Waals surface area contributed by atoms with Gasteiger partial charge in [-0.1, -0.05) is 24.3 Å². The van der Waals surface area contributed by atoms with Crippen molar-refractivity contribution < 1.29 is 23.5 Å². The smallest absolute Gasteiger partial charge is 0.348 e. The quantitative estimate of drug-likeness (QED) is 0.391. The molecule has 142 valence electrons. The fourth-order valence-corrected chi connectivity index (χ4v) is 3.16. The number of cyclic esters (lactones) is 2. The number of aromatic nitrogens is 1. The summed E-state index contributed by atoms with van der Waals surface area (Å²) in [6.07, 6.45) is 3.41. The molecule has 0 atom stereocenters. The summed E-state index contributed by atoms with van der Waals surface area (Å²) in [4.78, 5) is 24.3. The van der Waals surface area contributed by atoms with Crippen LogP contribution in [-0.4, -0.2) is 22.3 Å². The molecule has 6 heteroatoms. The molecular weight excluding hydrogens is 361 g/mol. The molecule has 0 bridgehead atoms. The number of carbonyl (C=O) groups is 2. The van der Waals surface area contributed by atoms with Crippen molar-refractivity contribution in [3.63, 3.8) is 0 Å². The van der Waals surface area contributed by atoms with Gasteiger partial charge in [0.2, 0.25) is 0 Å². The standard InChI is InChI=1S/C22H18FNO4/c1-22(2)27-20(25)18(21(26)28-22)11-15-3-6-16-9-10-24(19(16)12-15)13-14-4-7-17(23)8-5-14/h3-12H,13H2,1-2H3. The van der Waals surface area contributed by atoms with Crippen LogP contribution < -0.4 is 0 Å². The predicted molar refractivity (Wildman–Crippen MR) is 102 cm³/mol. The van der Waals surface area contributed by atoms with E-state index in [4.69, 9.17) is 9.47 Å². The molecule has 1 aromatic heterocycles. The van der Waals surface area contributed by atoms with Gasteiger partial charge in [0.05, 0.1) is 0 Å². The number of benzene rings is 2. The maximum atomic E-state index is 13.1. The van der Waals surface area contributed by atoms with Crippen LogP contribution in [-0.2, 0) is 25.6 Å². The SMILES string of the molecule is CC1(C)OC(=O)C(=Cc2ccc3ccn(Cc4ccc(F)cc4)c3c2)C(=O)O1. The lowest BCUT2D eigenvalue weighted by Crippen LogP contribution is -2.41. The number of carbonyl (C=O) groups excluding carboxylic acids is 2. The highest BCUT2D eigenvalue weighted by Crippen LogP contribution is 2.26. The lowest BCUT2D eigenvalue weighted by atomic mass is 10.1. The van der Waals surface area contributed by atoms with Crippen LogP contribution in [0.15, 0.2) is 60.3 Å². The second-order valence-electron chi connectivity index (χ2n) is 7.13. The van der Waals surface area contributed by atoms with Crippen molar-refractivity contribution in [2.24, 2.45) is 0 Å². The first-order valence-corrected chi connectivity index (χ1v) is 8.82. The van der Waals surface area contributed by atoms with Gasteiger partial charge in [-0.05, 0) is 46.9 Å². The van der Waals surface area contributed by atoms with E-state index >= 15 is 0 Å². The highest BCUT2D eigenvalue weighted by atomic mass is 19.1. The van der Waals surface area contributed by atoms with Crippen molar-refractivity contribution in [1.82, 2.24) is 4.57 Å². The predicted octanol–water partition coefficient (Wildman–Crippen LogP) is 4.05. The molecule has 5 nitrogen and oxygen atoms in total. The topological polar surface area (TPSA) is 57.5 Å². The minimum absolute atomic E-state index is 0.143. The fourth-order valence-electron chi connectivity index (χ4n) is 3.16. The summed E-state index contributed by atoms with van der Waals surface area (Å²) >= 11 is 0. The number of ether oxygens (including phenoxy) is 2. The molecule has 1 fully saturated rings. The maximum Gasteiger partial charge on any atom is 0.348 e. The molecule has 0 amide bonds. The van der Waals surface area contributed by atoms with Crippen molar-refractivity contribution in [3.05, 3.63) is 77.2 Å². The second kappa shape index (κ2) is 6.64. The van der Waals surface area contributed by atoms with Gasteiger partial charge in [0, 0.05) is 32.1 Å². The summed E-state index contributed by atoms with van der Waals surface area (Å²) in [6.45, 7) is 3.59. The van der Waals surface area contributed by atoms with E-state index in [1.165, 1.54) is 32.1 Å². The average Bonchev–Trinajstić information content (AvgIpc) is 3.01. The highest BCUT2D eigenvalue weighted by molar-refractivity contribution is 6.19. The second-order valence-corrected chi connectivity index (χ2v) is 7.13. The van der Waals surface area contributed by atoms with Gasteiger partial charge >= 0.3 is 11.9 Å². The van der Waals surface area contributed by atoms with Crippen molar-refractivity contribution in [1.29, 1.82) is 0 Å². The van der Waals surface area contributed by atoms with Crippen LogP contribution in [0, 0.1) is 5.82 Å². The van der Waals surface area contributed by atoms with E-state index in [1.54, 1.807) is 12.1 Å². The molecule has 1 aliphatic rings. The molecule has 0 radical (unpaired) electrons. The molecule has 0 aliphatic carbocycles. The maximum absolute atomic E-state index is 13.1. The van der Waals surface area contributed by atoms with Gasteiger partial charge in [0.25, 0.3) is 5.79 Å². The summed E-state index contributed by atoms with van der Waals surface area (Å²) in [7, 11) is 0. The Balaban J connectivity index is 1.67. The molecule has 1 aliphatic heterocycles. The third kappa shape index (κ3) is 3.53. The molecule has 2 heterocycles. The minimum Gasteiger partial charge on any atom is -0.419 e. The molecule has 4 rings (SSSR count). The van der Waals surface area contributed by atoms with Gasteiger partial charge in [-0.2, -0.15) is 0 Å². The van der Waals surface area contributed by atoms with Crippen LogP contribution in [0.4, 0.5) is 4.39 Å². The van der Waals surface area contributed by atoms with Crippen molar-refractivity contribution >= 4 is 28.9 Å². The van der Waals surface area contributed by atoms with Gasteiger partial charge in [-0.3, -0.25) is 0 Å². The summed E-state index contributed by atoms with van der Waals surface area (Å²) in [5, 5.41) is 1.01. The number of fused-ring (bicyclic) bond motifs is 1. The van der Waals surface area contributed by atoms with Crippen LogP contribution >= 0.6 is 0 Å². The van der Waals surface area contributed by atoms with E-state index in [2.05, 4.69) is 0 Å². The molecular formula is C22H18FNO4. The van der Waals surface area contributed by atoms with Crippen LogP contribution in [0.2, 0.25) is 0 Å². The highest BCUT2D eigenvalue weighted by Gasteiger charge is 2.38. The Labute approximate surface area is 161 Å². The summed E-state index contributed by atoms with van der Waals surface area (Å²) in [6, 6.07) is 13.9. The lowest BCUT2D eigenvalue weighted by molar-refractivity contribution is -0.222. The third-order valence-corrected chi connectivity index (χ3v) is 4.49. The Morgan fingerprint density at radius 3 is 2.36 bits per heavy atom. The van der Waals surface area contributed by atoms with E-state index in [0.717, 1.165) is 16.5 Å². The van der Waals surface area contributed by atoms with E-state index in [9.17, 15) is 14.0 Å². The van der Waals surface area contributed by atoms with E-state index < -0.39 is 17.7 Å².